The lowest BCUT2D eigenvalue weighted by atomic mass is 10.1. The molecule has 0 aliphatic carbocycles. The van der Waals surface area contributed by atoms with Crippen LogP contribution in [0.2, 0.25) is 0 Å². The van der Waals surface area contributed by atoms with Crippen molar-refractivity contribution >= 4 is 33.4 Å². The van der Waals surface area contributed by atoms with Crippen LogP contribution in [0.25, 0.3) is 0 Å². The third kappa shape index (κ3) is 5.27. The van der Waals surface area contributed by atoms with Crippen LogP contribution < -0.4 is 19.7 Å². The molecule has 14 heteroatoms. The summed E-state index contributed by atoms with van der Waals surface area (Å²) < 4.78 is 86.8. The Labute approximate surface area is 185 Å². The Hall–Kier alpha value is -3.55. The summed E-state index contributed by atoms with van der Waals surface area (Å²) >= 11 is 0. The maximum absolute atomic E-state index is 13.7. The first-order valence-corrected chi connectivity index (χ1v) is 10.7. The van der Waals surface area contributed by atoms with Crippen molar-refractivity contribution in [2.45, 2.75) is 30.1 Å². The molecule has 0 unspecified atom stereocenters. The number of rotatable bonds is 5. The van der Waals surface area contributed by atoms with Gasteiger partial charge in [0.05, 0.1) is 17.1 Å². The number of nitrogens with zero attached hydrogens (tertiary/aromatic N) is 1. The molecule has 0 aromatic heterocycles. The van der Waals surface area contributed by atoms with Gasteiger partial charge in [0.25, 0.3) is 10.0 Å². The molecule has 2 atom stereocenters. The third-order valence-electron chi connectivity index (χ3n) is 4.59. The predicted octanol–water partition coefficient (Wildman–Crippen LogP) is 2.94. The van der Waals surface area contributed by atoms with E-state index in [0.29, 0.717) is 4.31 Å². The monoisotopic (exact) mass is 491 g/mol. The number of sulfonamides is 1. The van der Waals surface area contributed by atoms with Crippen LogP contribution in [-0.2, 0) is 14.8 Å². The van der Waals surface area contributed by atoms with Crippen LogP contribution in [0.1, 0.15) is 6.92 Å². The fourth-order valence-electron chi connectivity index (χ4n) is 3.21. The Morgan fingerprint density at radius 2 is 1.82 bits per heavy atom. The van der Waals surface area contributed by atoms with Gasteiger partial charge in [-0.3, -0.25) is 14.4 Å². The number of ether oxygens (including phenoxy) is 1. The van der Waals surface area contributed by atoms with E-state index in [1.807, 2.05) is 5.32 Å². The van der Waals surface area contributed by atoms with Gasteiger partial charge in [-0.2, -0.15) is 13.2 Å². The number of hydrogen-bond donors (Lipinski definition) is 3. The second kappa shape index (κ2) is 8.77. The zero-order chi connectivity index (χ0) is 24.6. The van der Waals surface area contributed by atoms with Crippen LogP contribution in [0, 0.1) is 5.82 Å². The number of amides is 2. The molecule has 2 aromatic carbocycles. The fraction of sp³-hybridized carbons (Fsp3) is 0.263. The van der Waals surface area contributed by atoms with Crippen molar-refractivity contribution in [2.75, 3.05) is 16.2 Å². The van der Waals surface area contributed by atoms with E-state index in [1.54, 1.807) is 5.32 Å². The van der Waals surface area contributed by atoms with Gasteiger partial charge in [0.2, 0.25) is 5.91 Å². The number of halogens is 4. The first-order valence-electron chi connectivity index (χ1n) is 9.22. The Kier molecular flexibility index (Phi) is 6.40. The number of benzene rings is 2. The predicted molar refractivity (Wildman–Crippen MR) is 107 cm³/mol. The summed E-state index contributed by atoms with van der Waals surface area (Å²) in [7, 11) is -4.55. The molecule has 1 aliphatic heterocycles. The minimum atomic E-state index is -4.98. The van der Waals surface area contributed by atoms with Gasteiger partial charge in [-0.25, -0.2) is 17.6 Å². The molecule has 0 saturated heterocycles. The molecule has 9 nitrogen and oxygen atoms in total. The summed E-state index contributed by atoms with van der Waals surface area (Å²) in [4.78, 5) is 21.9. The highest BCUT2D eigenvalue weighted by Crippen LogP contribution is 2.41. The van der Waals surface area contributed by atoms with Crippen molar-refractivity contribution in [1.82, 2.24) is 5.32 Å². The number of carbonyl (C=O) groups excluding carboxylic acids is 1. The van der Waals surface area contributed by atoms with Crippen LogP contribution >= 0.6 is 0 Å². The summed E-state index contributed by atoms with van der Waals surface area (Å²) in [5.41, 5.74) is -0.317. The van der Waals surface area contributed by atoms with E-state index in [2.05, 4.69) is 0 Å². The maximum Gasteiger partial charge on any atom is 0.412 e. The molecule has 0 bridgehead atoms. The van der Waals surface area contributed by atoms with E-state index in [0.717, 1.165) is 43.3 Å². The molecule has 0 saturated carbocycles. The summed E-state index contributed by atoms with van der Waals surface area (Å²) in [6, 6.07) is 4.38. The van der Waals surface area contributed by atoms with Crippen LogP contribution in [0.15, 0.2) is 47.4 Å². The summed E-state index contributed by atoms with van der Waals surface area (Å²) in [6.45, 7) is -0.0138. The molecule has 2 aromatic rings. The molecule has 0 radical (unpaired) electrons. The molecule has 3 rings (SSSR count). The number of fused-ring (bicyclic) bond motifs is 1. The first-order chi connectivity index (χ1) is 15.3. The van der Waals surface area contributed by atoms with Gasteiger partial charge < -0.3 is 15.2 Å². The van der Waals surface area contributed by atoms with E-state index < -0.39 is 57.6 Å². The van der Waals surface area contributed by atoms with Gasteiger partial charge in [0.1, 0.15) is 17.7 Å². The van der Waals surface area contributed by atoms with Gasteiger partial charge in [-0.05, 0) is 42.5 Å². The van der Waals surface area contributed by atoms with E-state index in [4.69, 9.17) is 9.84 Å². The minimum absolute atomic E-state index is 0.0724. The van der Waals surface area contributed by atoms with E-state index in [9.17, 15) is 35.6 Å². The van der Waals surface area contributed by atoms with Crippen molar-refractivity contribution in [2.24, 2.45) is 0 Å². The summed E-state index contributed by atoms with van der Waals surface area (Å²) in [5, 5.41) is 12.7. The third-order valence-corrected chi connectivity index (χ3v) is 6.38. The molecular weight excluding hydrogens is 474 g/mol. The molecule has 3 N–H and O–H groups in total. The highest BCUT2D eigenvalue weighted by Gasteiger charge is 2.50. The molecule has 1 heterocycles. The standard InChI is InChI=1S/C19H17F4N3O6S/c1-10(27)24-17(19(21,22)23)16-9-26(33(30,31)13-5-2-11(20)3-6-13)14-8-12(25-18(28)29)4-7-15(14)32-16/h2-8,16-17,25H,9H2,1H3,(H,24,27)(H,28,29)/t16-,17-/m1/s1. The number of carbonyl (C=O) groups is 2. The zero-order valence-electron chi connectivity index (χ0n) is 16.8. The highest BCUT2D eigenvalue weighted by atomic mass is 32.2. The first kappa shape index (κ1) is 24.1. The van der Waals surface area contributed by atoms with Gasteiger partial charge in [0, 0.05) is 12.6 Å². The van der Waals surface area contributed by atoms with Crippen LogP contribution in [0.5, 0.6) is 5.75 Å². The van der Waals surface area contributed by atoms with Gasteiger partial charge in [-0.1, -0.05) is 0 Å². The second-order valence-electron chi connectivity index (χ2n) is 6.98. The zero-order valence-corrected chi connectivity index (χ0v) is 17.6. The average Bonchev–Trinajstić information content (AvgIpc) is 2.70. The molecule has 1 aliphatic rings. The van der Waals surface area contributed by atoms with E-state index in [-0.39, 0.29) is 17.1 Å². The highest BCUT2D eigenvalue weighted by molar-refractivity contribution is 7.92. The average molecular weight is 491 g/mol. The molecule has 2 amide bonds. The van der Waals surface area contributed by atoms with Crippen LogP contribution in [0.4, 0.5) is 33.7 Å². The maximum atomic E-state index is 13.7. The minimum Gasteiger partial charge on any atom is -0.484 e. The second-order valence-corrected chi connectivity index (χ2v) is 8.84. The SMILES string of the molecule is CC(=O)N[C@H]([C@H]1CN(S(=O)(=O)c2ccc(F)cc2)c2cc(NC(=O)O)ccc2O1)C(F)(F)F. The number of hydrogen-bond acceptors (Lipinski definition) is 5. The molecule has 33 heavy (non-hydrogen) atoms. The number of anilines is 2. The van der Waals surface area contributed by atoms with Crippen molar-refractivity contribution in [3.63, 3.8) is 0 Å². The molecule has 0 fully saturated rings. The summed E-state index contributed by atoms with van der Waals surface area (Å²) in [5.74, 6) is -2.04. The Morgan fingerprint density at radius 3 is 2.36 bits per heavy atom. The lowest BCUT2D eigenvalue weighted by molar-refractivity contribution is -0.177. The largest absolute Gasteiger partial charge is 0.484 e. The normalized spacial score (nSPS) is 16.9. The molecular formula is C19H17F4N3O6S. The Balaban J connectivity index is 2.13. The van der Waals surface area contributed by atoms with Crippen molar-refractivity contribution < 1.29 is 45.4 Å². The van der Waals surface area contributed by atoms with Crippen molar-refractivity contribution in [1.29, 1.82) is 0 Å². The van der Waals surface area contributed by atoms with Gasteiger partial charge in [-0.15, -0.1) is 0 Å². The van der Waals surface area contributed by atoms with Gasteiger partial charge >= 0.3 is 12.3 Å². The van der Waals surface area contributed by atoms with Crippen molar-refractivity contribution in [3.8, 4) is 5.75 Å². The lowest BCUT2D eigenvalue weighted by Gasteiger charge is -2.39. The van der Waals surface area contributed by atoms with Gasteiger partial charge in [0.15, 0.2) is 6.04 Å². The molecule has 0 spiro atoms. The topological polar surface area (TPSA) is 125 Å². The number of alkyl halides is 3. The van der Waals surface area contributed by atoms with Crippen molar-refractivity contribution in [3.05, 3.63) is 48.3 Å². The number of carboxylic acid groups (broad SMARTS) is 1. The Bertz CT molecular complexity index is 1170. The molecule has 178 valence electrons. The lowest BCUT2D eigenvalue weighted by Crippen LogP contribution is -2.59. The number of nitrogens with one attached hydrogen (secondary N) is 2. The van der Waals surface area contributed by atoms with E-state index in [1.165, 1.54) is 6.07 Å². The van der Waals surface area contributed by atoms with Crippen LogP contribution in [-0.4, -0.2) is 50.4 Å². The summed E-state index contributed by atoms with van der Waals surface area (Å²) in [6.07, 6.45) is -8.32. The van der Waals surface area contributed by atoms with Crippen LogP contribution in [0.3, 0.4) is 0 Å². The fourth-order valence-corrected chi connectivity index (χ4v) is 4.69. The quantitative estimate of drug-likeness (QED) is 0.553. The Morgan fingerprint density at radius 1 is 1.18 bits per heavy atom. The smallest absolute Gasteiger partial charge is 0.412 e. The van der Waals surface area contributed by atoms with E-state index >= 15 is 0 Å².